The zero-order valence-corrected chi connectivity index (χ0v) is 16.2. The van der Waals surface area contributed by atoms with Gasteiger partial charge in [-0.15, -0.1) is 0 Å². The molecule has 1 aliphatic heterocycles. The number of nitrogen functional groups attached to an aromatic ring is 1. The molecule has 28 heavy (non-hydrogen) atoms. The molecule has 1 aliphatic carbocycles. The number of benzene rings is 1. The number of rotatable bonds is 2. The first-order chi connectivity index (χ1) is 13.5. The van der Waals surface area contributed by atoms with E-state index in [1.54, 1.807) is 23.2 Å². The normalized spacial score (nSPS) is 19.6. The van der Waals surface area contributed by atoms with Gasteiger partial charge in [0, 0.05) is 36.6 Å². The van der Waals surface area contributed by atoms with E-state index in [-0.39, 0.29) is 18.6 Å². The summed E-state index contributed by atoms with van der Waals surface area (Å²) in [5.41, 5.74) is 9.79. The molecule has 1 fully saturated rings. The van der Waals surface area contributed by atoms with Crippen molar-refractivity contribution in [3.8, 4) is 0 Å². The molecular weight excluding hydrogens is 357 g/mol. The molecule has 2 heterocycles. The maximum atomic E-state index is 14.7. The number of urea groups is 1. The van der Waals surface area contributed by atoms with Crippen molar-refractivity contribution >= 4 is 28.9 Å². The van der Waals surface area contributed by atoms with Gasteiger partial charge >= 0.3 is 6.03 Å². The van der Waals surface area contributed by atoms with Gasteiger partial charge in [-0.25, -0.2) is 14.2 Å². The van der Waals surface area contributed by atoms with Gasteiger partial charge in [0.1, 0.15) is 11.6 Å². The third-order valence-corrected chi connectivity index (χ3v) is 5.68. The largest absolute Gasteiger partial charge is 0.384 e. The Morgan fingerprint density at radius 2 is 2.04 bits per heavy atom. The summed E-state index contributed by atoms with van der Waals surface area (Å²) in [7, 11) is 1.81. The molecule has 6 nitrogen and oxygen atoms in total. The van der Waals surface area contributed by atoms with Crippen molar-refractivity contribution in [3.63, 3.8) is 0 Å². The van der Waals surface area contributed by atoms with E-state index in [1.807, 2.05) is 20.0 Å². The number of nitrogens with two attached hydrogens (primary N) is 1. The van der Waals surface area contributed by atoms with Crippen LogP contribution in [0.3, 0.4) is 0 Å². The second-order valence-corrected chi connectivity index (χ2v) is 7.40. The van der Waals surface area contributed by atoms with Crippen LogP contribution in [0.15, 0.2) is 35.5 Å². The van der Waals surface area contributed by atoms with Gasteiger partial charge in [-0.2, -0.15) is 0 Å². The number of aliphatic imine (C=N–C) groups is 1. The molecule has 0 unspecified atom stereocenters. The van der Waals surface area contributed by atoms with Gasteiger partial charge in [-0.1, -0.05) is 12.1 Å². The summed E-state index contributed by atoms with van der Waals surface area (Å²) in [4.78, 5) is 25.4. The lowest BCUT2D eigenvalue weighted by Gasteiger charge is -2.42. The maximum Gasteiger partial charge on any atom is 0.329 e. The summed E-state index contributed by atoms with van der Waals surface area (Å²) >= 11 is 0. The summed E-state index contributed by atoms with van der Waals surface area (Å²) in [6.45, 7) is 2.09. The molecule has 4 rings (SSSR count). The number of para-hydroxylation sites is 1. The molecule has 0 radical (unpaired) electrons. The lowest BCUT2D eigenvalue weighted by atomic mass is 9.91. The summed E-state index contributed by atoms with van der Waals surface area (Å²) in [5.74, 6) is -0.0251. The number of amides is 2. The fourth-order valence-corrected chi connectivity index (χ4v) is 4.22. The van der Waals surface area contributed by atoms with E-state index in [4.69, 9.17) is 5.73 Å². The van der Waals surface area contributed by atoms with E-state index in [2.05, 4.69) is 9.98 Å². The van der Waals surface area contributed by atoms with E-state index in [9.17, 15) is 9.18 Å². The summed E-state index contributed by atoms with van der Waals surface area (Å²) in [6.07, 6.45) is 5.06. The molecule has 1 aromatic heterocycles. The highest BCUT2D eigenvalue weighted by Crippen LogP contribution is 2.38. The zero-order valence-electron chi connectivity index (χ0n) is 16.2. The Labute approximate surface area is 163 Å². The molecule has 0 spiro atoms. The predicted octanol–water partition coefficient (Wildman–Crippen LogP) is 4.07. The van der Waals surface area contributed by atoms with Crippen LogP contribution in [0.2, 0.25) is 0 Å². The number of carbonyl (C=O) groups excluding carboxylic acids is 1. The van der Waals surface area contributed by atoms with Crippen LogP contribution in [-0.4, -0.2) is 29.8 Å². The smallest absolute Gasteiger partial charge is 0.329 e. The highest BCUT2D eigenvalue weighted by molar-refractivity contribution is 6.07. The van der Waals surface area contributed by atoms with Gasteiger partial charge in [-0.05, 0) is 44.2 Å². The Hall–Kier alpha value is -2.96. The third kappa shape index (κ3) is 3.10. The minimum absolute atomic E-state index is 0.0217. The van der Waals surface area contributed by atoms with Gasteiger partial charge in [0.05, 0.1) is 17.9 Å². The Bertz CT molecular complexity index is 928. The van der Waals surface area contributed by atoms with Crippen molar-refractivity contribution in [3.05, 3.63) is 47.4 Å². The number of hydrogen-bond acceptors (Lipinski definition) is 4. The standard InChI is InChI=1S/C21H24FN5O/c1-13-4-3-5-17(22)20(13)26-12-14-11-25-19(23)10-18(14)27(21(26)28)16-8-6-15(24-2)7-9-16/h3-5,10-11,16H,6-9,12H2,1-2H3,(H2,23,25). The average Bonchev–Trinajstić information content (AvgIpc) is 2.69. The minimum Gasteiger partial charge on any atom is -0.384 e. The first-order valence-corrected chi connectivity index (χ1v) is 9.54. The van der Waals surface area contributed by atoms with Crippen molar-refractivity contribution in [2.24, 2.45) is 4.99 Å². The highest BCUT2D eigenvalue weighted by Gasteiger charge is 2.38. The topological polar surface area (TPSA) is 74.8 Å². The van der Waals surface area contributed by atoms with Crippen molar-refractivity contribution < 1.29 is 9.18 Å². The van der Waals surface area contributed by atoms with Crippen LogP contribution in [0.1, 0.15) is 36.8 Å². The number of hydrogen-bond donors (Lipinski definition) is 1. The molecule has 2 amide bonds. The van der Waals surface area contributed by atoms with Crippen LogP contribution in [0.4, 0.5) is 26.4 Å². The van der Waals surface area contributed by atoms with Gasteiger partial charge in [0.2, 0.25) is 0 Å². The van der Waals surface area contributed by atoms with E-state index < -0.39 is 5.82 Å². The summed E-state index contributed by atoms with van der Waals surface area (Å²) < 4.78 is 14.7. The number of pyridine rings is 1. The predicted molar refractivity (Wildman–Crippen MR) is 109 cm³/mol. The van der Waals surface area contributed by atoms with E-state index in [1.165, 1.54) is 16.7 Å². The van der Waals surface area contributed by atoms with Crippen molar-refractivity contribution in [1.29, 1.82) is 0 Å². The van der Waals surface area contributed by atoms with Crippen molar-refractivity contribution in [2.75, 3.05) is 22.6 Å². The molecule has 2 aromatic rings. The van der Waals surface area contributed by atoms with Crippen molar-refractivity contribution in [1.82, 2.24) is 4.98 Å². The van der Waals surface area contributed by atoms with E-state index in [0.29, 0.717) is 11.5 Å². The van der Waals surface area contributed by atoms with Crippen LogP contribution < -0.4 is 15.5 Å². The molecular formula is C21H24FN5O. The van der Waals surface area contributed by atoms with Crippen LogP contribution in [0.25, 0.3) is 0 Å². The molecule has 146 valence electrons. The number of nitrogens with zero attached hydrogens (tertiary/aromatic N) is 4. The summed E-state index contributed by atoms with van der Waals surface area (Å²) in [5, 5.41) is 0. The number of fused-ring (bicyclic) bond motifs is 1. The Morgan fingerprint density at radius 1 is 1.29 bits per heavy atom. The van der Waals surface area contributed by atoms with Crippen LogP contribution in [0, 0.1) is 12.7 Å². The number of anilines is 3. The van der Waals surface area contributed by atoms with E-state index >= 15 is 0 Å². The second-order valence-electron chi connectivity index (χ2n) is 7.40. The van der Waals surface area contributed by atoms with Crippen LogP contribution >= 0.6 is 0 Å². The molecule has 0 bridgehead atoms. The molecule has 1 saturated carbocycles. The fourth-order valence-electron chi connectivity index (χ4n) is 4.22. The molecule has 7 heteroatoms. The van der Waals surface area contributed by atoms with E-state index in [0.717, 1.165) is 42.5 Å². The fraction of sp³-hybridized carbons (Fsp3) is 0.381. The quantitative estimate of drug-likeness (QED) is 0.852. The first kappa shape index (κ1) is 18.4. The third-order valence-electron chi connectivity index (χ3n) is 5.68. The second kappa shape index (κ2) is 7.22. The molecule has 2 N–H and O–H groups in total. The van der Waals surface area contributed by atoms with Gasteiger partial charge in [0.15, 0.2) is 0 Å². The Balaban J connectivity index is 1.78. The van der Waals surface area contributed by atoms with Crippen LogP contribution in [-0.2, 0) is 6.54 Å². The van der Waals surface area contributed by atoms with Gasteiger partial charge in [-0.3, -0.25) is 14.8 Å². The minimum atomic E-state index is -0.399. The lowest BCUT2D eigenvalue weighted by molar-refractivity contribution is 0.246. The molecule has 0 saturated heterocycles. The van der Waals surface area contributed by atoms with Gasteiger partial charge < -0.3 is 5.73 Å². The van der Waals surface area contributed by atoms with Crippen molar-refractivity contribution in [2.45, 2.75) is 45.2 Å². The lowest BCUT2D eigenvalue weighted by Crippen LogP contribution is -2.53. The Morgan fingerprint density at radius 3 is 2.71 bits per heavy atom. The SMILES string of the molecule is CN=C1CCC(N2C(=O)N(c3c(C)cccc3F)Cc3cnc(N)cc32)CC1. The number of aromatic nitrogens is 1. The van der Waals surface area contributed by atoms with Gasteiger partial charge in [0.25, 0.3) is 0 Å². The molecule has 1 aromatic carbocycles. The molecule has 2 aliphatic rings. The zero-order chi connectivity index (χ0) is 19.8. The van der Waals surface area contributed by atoms with Crippen LogP contribution in [0.5, 0.6) is 0 Å². The summed E-state index contributed by atoms with van der Waals surface area (Å²) in [6, 6.07) is 6.42. The monoisotopic (exact) mass is 381 g/mol. The number of carbonyl (C=O) groups is 1. The maximum absolute atomic E-state index is 14.7. The number of halogens is 1. The molecule has 0 atom stereocenters. The average molecular weight is 381 g/mol. The Kier molecular flexibility index (Phi) is 4.75. The first-order valence-electron chi connectivity index (χ1n) is 9.54. The number of aryl methyl sites for hydroxylation is 1. The highest BCUT2D eigenvalue weighted by atomic mass is 19.1.